The monoisotopic (exact) mass is 534 g/mol. The minimum absolute atomic E-state index is 0. The second-order valence-electron chi connectivity index (χ2n) is 6.89. The number of hydrogen-bond donors (Lipinski definition) is 2. The fraction of sp³-hybridized carbons (Fsp3) is 0.824. The van der Waals surface area contributed by atoms with Crippen molar-refractivity contribution in [1.82, 2.24) is 25.4 Å². The van der Waals surface area contributed by atoms with Gasteiger partial charge in [0.15, 0.2) is 11.8 Å². The molecule has 1 aliphatic carbocycles. The molecule has 0 radical (unpaired) electrons. The second-order valence-corrected chi connectivity index (χ2v) is 7.88. The molecule has 1 fully saturated rings. The quantitative estimate of drug-likeness (QED) is 0.242. The highest BCUT2D eigenvalue weighted by Gasteiger charge is 2.41. The zero-order chi connectivity index (χ0) is 19.9. The Labute approximate surface area is 185 Å². The zero-order valence-electron chi connectivity index (χ0n) is 16.6. The number of hydrogen-bond acceptors (Lipinski definition) is 4. The van der Waals surface area contributed by atoms with Crippen LogP contribution in [0.25, 0.3) is 0 Å². The first-order chi connectivity index (χ1) is 12.8. The van der Waals surface area contributed by atoms with Crippen LogP contribution in [0.3, 0.4) is 0 Å². The van der Waals surface area contributed by atoms with Gasteiger partial charge in [0.2, 0.25) is 0 Å². The molecule has 0 unspecified atom stereocenters. The molecule has 28 heavy (non-hydrogen) atoms. The normalized spacial score (nSPS) is 20.6. The van der Waals surface area contributed by atoms with Crippen molar-refractivity contribution in [2.75, 3.05) is 18.6 Å². The summed E-state index contributed by atoms with van der Waals surface area (Å²) in [5, 5.41) is 14.7. The standard InChI is InChI=1S/C17H29F3N6S.HI/c1-12-24-25-15(26(12)2)11-22-16(21-9-4-10-27-3)23-14-7-5-13(6-8-14)17(18,19)20;/h13-14H,4-11H2,1-3H3,(H2,21,22,23);1H. The van der Waals surface area contributed by atoms with Gasteiger partial charge < -0.3 is 15.2 Å². The number of thioether (sulfide) groups is 1. The molecule has 11 heteroatoms. The topological polar surface area (TPSA) is 67.1 Å². The molecule has 2 N–H and O–H groups in total. The van der Waals surface area contributed by atoms with Crippen molar-refractivity contribution in [3.8, 4) is 0 Å². The first-order valence-corrected chi connectivity index (χ1v) is 10.7. The van der Waals surface area contributed by atoms with Gasteiger partial charge in [-0.3, -0.25) is 0 Å². The van der Waals surface area contributed by atoms with Gasteiger partial charge in [0.05, 0.1) is 5.92 Å². The van der Waals surface area contributed by atoms with E-state index in [1.807, 2.05) is 18.5 Å². The highest BCUT2D eigenvalue weighted by Crippen LogP contribution is 2.37. The second kappa shape index (κ2) is 12.1. The Bertz CT molecular complexity index is 615. The molecule has 1 aromatic heterocycles. The van der Waals surface area contributed by atoms with Crippen LogP contribution in [-0.4, -0.2) is 51.5 Å². The molecule has 1 saturated carbocycles. The molecule has 6 nitrogen and oxygen atoms in total. The van der Waals surface area contributed by atoms with Crippen LogP contribution in [-0.2, 0) is 13.6 Å². The molecule has 2 rings (SSSR count). The summed E-state index contributed by atoms with van der Waals surface area (Å²) in [5.41, 5.74) is 0. The van der Waals surface area contributed by atoms with Crippen LogP contribution >= 0.6 is 35.7 Å². The lowest BCUT2D eigenvalue weighted by Gasteiger charge is -2.31. The third-order valence-corrected chi connectivity index (χ3v) is 5.61. The maximum atomic E-state index is 12.8. The van der Waals surface area contributed by atoms with E-state index in [0.717, 1.165) is 30.4 Å². The lowest BCUT2D eigenvalue weighted by molar-refractivity contribution is -0.182. The van der Waals surface area contributed by atoms with E-state index in [2.05, 4.69) is 32.1 Å². The maximum Gasteiger partial charge on any atom is 0.391 e. The average molecular weight is 534 g/mol. The Balaban J connectivity index is 0.00000392. The van der Waals surface area contributed by atoms with E-state index >= 15 is 0 Å². The zero-order valence-corrected chi connectivity index (χ0v) is 19.7. The molecular weight excluding hydrogens is 504 g/mol. The van der Waals surface area contributed by atoms with Crippen LogP contribution in [0.4, 0.5) is 13.2 Å². The Kier molecular flexibility index (Phi) is 10.9. The smallest absolute Gasteiger partial charge is 0.356 e. The van der Waals surface area contributed by atoms with Crippen molar-refractivity contribution in [1.29, 1.82) is 0 Å². The summed E-state index contributed by atoms with van der Waals surface area (Å²) < 4.78 is 40.4. The van der Waals surface area contributed by atoms with Gasteiger partial charge in [-0.2, -0.15) is 24.9 Å². The third-order valence-electron chi connectivity index (χ3n) is 4.91. The first kappa shape index (κ1) is 25.3. The van der Waals surface area contributed by atoms with E-state index in [1.165, 1.54) is 0 Å². The summed E-state index contributed by atoms with van der Waals surface area (Å²) in [6, 6.07) is 0.0108. The summed E-state index contributed by atoms with van der Waals surface area (Å²) in [7, 11) is 1.89. The maximum absolute atomic E-state index is 12.8. The minimum Gasteiger partial charge on any atom is -0.356 e. The van der Waals surface area contributed by atoms with E-state index in [9.17, 15) is 13.2 Å². The minimum atomic E-state index is -4.08. The fourth-order valence-electron chi connectivity index (χ4n) is 3.07. The van der Waals surface area contributed by atoms with Gasteiger partial charge in [-0.25, -0.2) is 4.99 Å². The molecule has 0 aliphatic heterocycles. The molecule has 1 aromatic rings. The summed E-state index contributed by atoms with van der Waals surface area (Å²) in [6.07, 6.45) is 0.305. The van der Waals surface area contributed by atoms with Gasteiger partial charge in [-0.05, 0) is 51.0 Å². The van der Waals surface area contributed by atoms with E-state index in [-0.39, 0.29) is 42.9 Å². The lowest BCUT2D eigenvalue weighted by Crippen LogP contribution is -2.46. The summed E-state index contributed by atoms with van der Waals surface area (Å²) >= 11 is 1.78. The number of aliphatic imine (C=N–C) groups is 1. The SMILES string of the molecule is CSCCCNC(=NCc1nnc(C)n1C)NC1CCC(C(F)(F)F)CC1.I. The van der Waals surface area contributed by atoms with Crippen LogP contribution < -0.4 is 10.6 Å². The van der Waals surface area contributed by atoms with Crippen molar-refractivity contribution in [3.63, 3.8) is 0 Å². The molecular formula is C17H30F3IN6S. The molecule has 0 bridgehead atoms. The Morgan fingerprint density at radius 3 is 2.46 bits per heavy atom. The van der Waals surface area contributed by atoms with Crippen molar-refractivity contribution in [2.24, 2.45) is 18.0 Å². The molecule has 0 spiro atoms. The van der Waals surface area contributed by atoms with Crippen molar-refractivity contribution in [3.05, 3.63) is 11.6 Å². The van der Waals surface area contributed by atoms with Gasteiger partial charge in [0, 0.05) is 19.6 Å². The number of nitrogens with zero attached hydrogens (tertiary/aromatic N) is 4. The number of aromatic nitrogens is 3. The highest BCUT2D eigenvalue weighted by molar-refractivity contribution is 14.0. The van der Waals surface area contributed by atoms with Crippen LogP contribution in [0, 0.1) is 12.8 Å². The van der Waals surface area contributed by atoms with Gasteiger partial charge in [-0.15, -0.1) is 34.2 Å². The summed E-state index contributed by atoms with van der Waals surface area (Å²) in [4.78, 5) is 4.57. The van der Waals surface area contributed by atoms with Crippen LogP contribution in [0.1, 0.15) is 43.8 Å². The number of halogens is 4. The Morgan fingerprint density at radius 2 is 1.93 bits per heavy atom. The highest BCUT2D eigenvalue weighted by atomic mass is 127. The van der Waals surface area contributed by atoms with Crippen molar-refractivity contribution >= 4 is 41.7 Å². The van der Waals surface area contributed by atoms with Crippen LogP contribution in [0.5, 0.6) is 0 Å². The number of alkyl halides is 3. The van der Waals surface area contributed by atoms with Gasteiger partial charge in [0.25, 0.3) is 0 Å². The Morgan fingerprint density at radius 1 is 1.25 bits per heavy atom. The summed E-state index contributed by atoms with van der Waals surface area (Å²) in [6.45, 7) is 3.01. The predicted octanol–water partition coefficient (Wildman–Crippen LogP) is 3.65. The molecule has 0 atom stereocenters. The van der Waals surface area contributed by atoms with Crippen molar-refractivity contribution < 1.29 is 13.2 Å². The summed E-state index contributed by atoms with van der Waals surface area (Å²) in [5.74, 6) is 2.06. The molecule has 1 heterocycles. The number of aryl methyl sites for hydroxylation is 1. The van der Waals surface area contributed by atoms with Gasteiger partial charge in [0.1, 0.15) is 12.4 Å². The molecule has 0 amide bonds. The van der Waals surface area contributed by atoms with Gasteiger partial charge in [-0.1, -0.05) is 0 Å². The third kappa shape index (κ3) is 7.96. The van der Waals surface area contributed by atoms with Crippen molar-refractivity contribution in [2.45, 2.75) is 57.8 Å². The molecule has 0 aromatic carbocycles. The van der Waals surface area contributed by atoms with E-state index < -0.39 is 12.1 Å². The molecule has 162 valence electrons. The number of guanidine groups is 1. The van der Waals surface area contributed by atoms with Gasteiger partial charge >= 0.3 is 6.18 Å². The predicted molar refractivity (Wildman–Crippen MR) is 118 cm³/mol. The van der Waals surface area contributed by atoms with E-state index in [1.54, 1.807) is 11.8 Å². The fourth-order valence-corrected chi connectivity index (χ4v) is 3.51. The van der Waals surface area contributed by atoms with Crippen LogP contribution in [0.15, 0.2) is 4.99 Å². The number of rotatable bonds is 7. The molecule has 0 saturated heterocycles. The van der Waals surface area contributed by atoms with Crippen LogP contribution in [0.2, 0.25) is 0 Å². The molecule has 1 aliphatic rings. The van der Waals surface area contributed by atoms with E-state index in [4.69, 9.17) is 0 Å². The lowest BCUT2D eigenvalue weighted by atomic mass is 9.85. The Hall–Kier alpha value is -0.720. The van der Waals surface area contributed by atoms with E-state index in [0.29, 0.717) is 25.3 Å². The average Bonchev–Trinajstić information content (AvgIpc) is 2.94. The largest absolute Gasteiger partial charge is 0.391 e. The number of nitrogens with one attached hydrogen (secondary N) is 2. The first-order valence-electron chi connectivity index (χ1n) is 9.26.